The van der Waals surface area contributed by atoms with E-state index in [1.54, 1.807) is 29.2 Å². The molecule has 3 aromatic heterocycles. The number of hydrogen-bond acceptors (Lipinski definition) is 4. The van der Waals surface area contributed by atoms with Crippen molar-refractivity contribution in [2.75, 3.05) is 5.32 Å². The quantitative estimate of drug-likeness (QED) is 0.584. The van der Waals surface area contributed by atoms with Crippen LogP contribution in [0.25, 0.3) is 23.5 Å². The van der Waals surface area contributed by atoms with E-state index in [4.69, 9.17) is 0 Å². The van der Waals surface area contributed by atoms with Crippen LogP contribution in [0.3, 0.4) is 0 Å². The number of nitrogens with zero attached hydrogens (tertiary/aromatic N) is 4. The Balaban J connectivity index is 1.78. The number of pyridine rings is 1. The van der Waals surface area contributed by atoms with Crippen LogP contribution in [0.1, 0.15) is 23.7 Å². The molecule has 0 aliphatic carbocycles. The number of aromatic nitrogens is 4. The van der Waals surface area contributed by atoms with Crippen molar-refractivity contribution in [1.29, 1.82) is 0 Å². The van der Waals surface area contributed by atoms with Crippen molar-refractivity contribution in [2.45, 2.75) is 13.8 Å². The summed E-state index contributed by atoms with van der Waals surface area (Å²) in [5, 5.41) is 2.76. The van der Waals surface area contributed by atoms with E-state index >= 15 is 0 Å². The third kappa shape index (κ3) is 3.84. The van der Waals surface area contributed by atoms with Crippen LogP contribution < -0.4 is 10.9 Å². The van der Waals surface area contributed by atoms with Gasteiger partial charge in [-0.25, -0.2) is 4.98 Å². The summed E-state index contributed by atoms with van der Waals surface area (Å²) in [6, 6.07) is 12.6. The molecule has 0 aliphatic heterocycles. The van der Waals surface area contributed by atoms with E-state index < -0.39 is 0 Å². The molecule has 0 atom stereocenters. The average molecular weight is 385 g/mol. The second-order valence-corrected chi connectivity index (χ2v) is 6.66. The van der Waals surface area contributed by atoms with Gasteiger partial charge in [0.25, 0.3) is 5.56 Å². The number of carbonyl (C=O) groups excluding carboxylic acids is 1. The molecule has 4 aromatic rings. The Labute approximate surface area is 167 Å². The van der Waals surface area contributed by atoms with Gasteiger partial charge in [0.15, 0.2) is 5.65 Å². The van der Waals surface area contributed by atoms with Crippen LogP contribution >= 0.6 is 0 Å². The van der Waals surface area contributed by atoms with Crippen molar-refractivity contribution in [3.8, 4) is 5.69 Å². The summed E-state index contributed by atoms with van der Waals surface area (Å²) < 4.78 is 3.25. The monoisotopic (exact) mass is 385 g/mol. The number of amides is 1. The minimum Gasteiger partial charge on any atom is -0.326 e. The minimum atomic E-state index is -0.195. The molecule has 144 valence electrons. The Kier molecular flexibility index (Phi) is 4.78. The first-order valence-corrected chi connectivity index (χ1v) is 9.09. The molecule has 1 amide bonds. The summed E-state index contributed by atoms with van der Waals surface area (Å²) in [6.45, 7) is 3.36. The van der Waals surface area contributed by atoms with Crippen molar-refractivity contribution in [3.05, 3.63) is 88.2 Å². The maximum Gasteiger partial charge on any atom is 0.273 e. The fourth-order valence-corrected chi connectivity index (χ4v) is 3.12. The molecular formula is C22H19N5O2. The lowest BCUT2D eigenvalue weighted by Crippen LogP contribution is -2.20. The second kappa shape index (κ2) is 7.55. The third-order valence-corrected chi connectivity index (χ3v) is 4.36. The predicted octanol–water partition coefficient (Wildman–Crippen LogP) is 3.32. The maximum atomic E-state index is 12.9. The van der Waals surface area contributed by atoms with E-state index in [9.17, 15) is 9.59 Å². The largest absolute Gasteiger partial charge is 0.326 e. The topological polar surface area (TPSA) is 81.3 Å². The molecule has 3 heterocycles. The molecule has 7 heteroatoms. The highest BCUT2D eigenvalue weighted by Crippen LogP contribution is 2.18. The summed E-state index contributed by atoms with van der Waals surface area (Å²) in [5.41, 5.74) is 4.16. The lowest BCUT2D eigenvalue weighted by atomic mass is 10.2. The fourth-order valence-electron chi connectivity index (χ4n) is 3.12. The molecule has 0 saturated heterocycles. The maximum absolute atomic E-state index is 12.9. The summed E-state index contributed by atoms with van der Waals surface area (Å²) in [7, 11) is 0. The van der Waals surface area contributed by atoms with E-state index in [0.29, 0.717) is 17.0 Å². The van der Waals surface area contributed by atoms with Gasteiger partial charge in [0.2, 0.25) is 5.91 Å². The lowest BCUT2D eigenvalue weighted by molar-refractivity contribution is -0.114. The van der Waals surface area contributed by atoms with Crippen molar-refractivity contribution in [3.63, 3.8) is 0 Å². The van der Waals surface area contributed by atoms with Gasteiger partial charge in [-0.15, -0.1) is 0 Å². The van der Waals surface area contributed by atoms with Gasteiger partial charge < -0.3 is 5.32 Å². The first-order chi connectivity index (χ1) is 14.0. The molecule has 0 saturated carbocycles. The normalized spacial score (nSPS) is 11.2. The standard InChI is InChI=1S/C22H19N5O2/c1-15-14-26(20-7-3-6-18(11-20)24-16(2)28)27-21(29)12-19(25-22(15)27)9-8-17-5-4-10-23-13-17/h3-14H,1-2H3,(H,24,28). The Bertz CT molecular complexity index is 1290. The van der Waals surface area contributed by atoms with Crippen LogP contribution in [0.2, 0.25) is 0 Å². The van der Waals surface area contributed by atoms with Gasteiger partial charge in [0, 0.05) is 42.8 Å². The molecule has 1 aromatic carbocycles. The van der Waals surface area contributed by atoms with E-state index in [2.05, 4.69) is 15.3 Å². The van der Waals surface area contributed by atoms with Crippen LogP contribution in [-0.4, -0.2) is 25.1 Å². The van der Waals surface area contributed by atoms with Crippen molar-refractivity contribution >= 4 is 29.4 Å². The highest BCUT2D eigenvalue weighted by Gasteiger charge is 2.11. The Hall–Kier alpha value is -4.00. The number of benzene rings is 1. The van der Waals surface area contributed by atoms with Crippen LogP contribution in [0.5, 0.6) is 0 Å². The zero-order chi connectivity index (χ0) is 20.4. The Morgan fingerprint density at radius 3 is 2.76 bits per heavy atom. The SMILES string of the molecule is CC(=O)Nc1cccc(-n2cc(C)c3nc(C=Cc4cccnc4)cc(=O)n32)c1. The van der Waals surface area contributed by atoms with E-state index in [-0.39, 0.29) is 11.5 Å². The van der Waals surface area contributed by atoms with Gasteiger partial charge in [-0.2, -0.15) is 4.52 Å². The van der Waals surface area contributed by atoms with Crippen molar-refractivity contribution in [2.24, 2.45) is 0 Å². The Morgan fingerprint density at radius 1 is 1.14 bits per heavy atom. The first kappa shape index (κ1) is 18.4. The number of aryl methyl sites for hydroxylation is 1. The zero-order valence-electron chi connectivity index (χ0n) is 16.0. The van der Waals surface area contributed by atoms with Crippen molar-refractivity contribution < 1.29 is 4.79 Å². The molecule has 1 N–H and O–H groups in total. The Morgan fingerprint density at radius 2 is 2.00 bits per heavy atom. The van der Waals surface area contributed by atoms with Crippen LogP contribution in [0.15, 0.2) is 65.8 Å². The summed E-state index contributed by atoms with van der Waals surface area (Å²) in [6.07, 6.45) is 8.97. The molecule has 0 bridgehead atoms. The number of rotatable bonds is 4. The van der Waals surface area contributed by atoms with E-state index in [1.807, 2.05) is 49.5 Å². The molecule has 0 aliphatic rings. The van der Waals surface area contributed by atoms with Gasteiger partial charge in [-0.05, 0) is 42.8 Å². The second-order valence-electron chi connectivity index (χ2n) is 6.66. The average Bonchev–Trinajstić information content (AvgIpc) is 3.04. The molecule has 29 heavy (non-hydrogen) atoms. The van der Waals surface area contributed by atoms with Gasteiger partial charge in [0.05, 0.1) is 11.4 Å². The number of hydrogen-bond donors (Lipinski definition) is 1. The van der Waals surface area contributed by atoms with Gasteiger partial charge in [-0.1, -0.05) is 18.2 Å². The zero-order valence-corrected chi connectivity index (χ0v) is 16.0. The fraction of sp³-hybridized carbons (Fsp3) is 0.0909. The molecule has 4 rings (SSSR count). The van der Waals surface area contributed by atoms with E-state index in [1.165, 1.54) is 17.5 Å². The summed E-state index contributed by atoms with van der Waals surface area (Å²) in [5.74, 6) is -0.153. The molecular weight excluding hydrogens is 366 g/mol. The van der Waals surface area contributed by atoms with Gasteiger partial charge in [-0.3, -0.25) is 19.3 Å². The summed E-state index contributed by atoms with van der Waals surface area (Å²) in [4.78, 5) is 32.9. The van der Waals surface area contributed by atoms with Crippen LogP contribution in [-0.2, 0) is 4.79 Å². The van der Waals surface area contributed by atoms with Gasteiger partial charge in [0.1, 0.15) is 0 Å². The number of anilines is 1. The molecule has 0 radical (unpaired) electrons. The highest BCUT2D eigenvalue weighted by molar-refractivity contribution is 5.88. The van der Waals surface area contributed by atoms with Crippen LogP contribution in [0, 0.1) is 6.92 Å². The van der Waals surface area contributed by atoms with Gasteiger partial charge >= 0.3 is 0 Å². The van der Waals surface area contributed by atoms with Crippen molar-refractivity contribution in [1.82, 2.24) is 19.2 Å². The van der Waals surface area contributed by atoms with Crippen LogP contribution in [0.4, 0.5) is 5.69 Å². The first-order valence-electron chi connectivity index (χ1n) is 9.09. The highest BCUT2D eigenvalue weighted by atomic mass is 16.1. The van der Waals surface area contributed by atoms with E-state index in [0.717, 1.165) is 16.8 Å². The molecule has 0 fully saturated rings. The number of nitrogens with one attached hydrogen (secondary N) is 1. The molecule has 0 unspecified atom stereocenters. The lowest BCUT2D eigenvalue weighted by Gasteiger charge is -2.09. The third-order valence-electron chi connectivity index (χ3n) is 4.36. The number of carbonyl (C=O) groups is 1. The predicted molar refractivity (Wildman–Crippen MR) is 113 cm³/mol. The minimum absolute atomic E-state index is 0.153. The smallest absolute Gasteiger partial charge is 0.273 e. The summed E-state index contributed by atoms with van der Waals surface area (Å²) >= 11 is 0. The molecule has 7 nitrogen and oxygen atoms in total. The number of fused-ring (bicyclic) bond motifs is 1. The molecule has 0 spiro atoms.